The van der Waals surface area contributed by atoms with Gasteiger partial charge in [0.1, 0.15) is 6.10 Å². The molecule has 0 spiro atoms. The number of carbonyl (C=O) groups excluding carboxylic acids is 4. The molecular formula is C21H28O8. The van der Waals surface area contributed by atoms with Crippen molar-refractivity contribution in [1.82, 2.24) is 0 Å². The zero-order chi connectivity index (χ0) is 22.1. The summed E-state index contributed by atoms with van der Waals surface area (Å²) in [6.07, 6.45) is -0.490. The van der Waals surface area contributed by atoms with Crippen molar-refractivity contribution in [3.05, 3.63) is 24.3 Å². The maximum Gasteiger partial charge on any atom is 0.334 e. The van der Waals surface area contributed by atoms with Gasteiger partial charge in [-0.25, -0.2) is 4.79 Å². The first-order valence-electron chi connectivity index (χ1n) is 9.58. The van der Waals surface area contributed by atoms with E-state index >= 15 is 0 Å². The summed E-state index contributed by atoms with van der Waals surface area (Å²) in [6.45, 7) is 11.1. The molecule has 1 N–H and O–H groups in total. The maximum absolute atomic E-state index is 12.7. The second-order valence-electron chi connectivity index (χ2n) is 8.16. The fourth-order valence-electron chi connectivity index (χ4n) is 3.53. The second-order valence-corrected chi connectivity index (χ2v) is 8.16. The van der Waals surface area contributed by atoms with Gasteiger partial charge in [0.25, 0.3) is 0 Å². The van der Waals surface area contributed by atoms with E-state index in [0.717, 1.165) is 6.92 Å². The summed E-state index contributed by atoms with van der Waals surface area (Å²) in [4.78, 5) is 49.2. The van der Waals surface area contributed by atoms with E-state index in [0.29, 0.717) is 6.42 Å². The normalized spacial score (nSPS) is 36.2. The van der Waals surface area contributed by atoms with Crippen LogP contribution in [0.5, 0.6) is 0 Å². The highest BCUT2D eigenvalue weighted by Crippen LogP contribution is 2.40. The minimum Gasteiger partial charge on any atom is -0.458 e. The average Bonchev–Trinajstić information content (AvgIpc) is 2.88. The highest BCUT2D eigenvalue weighted by Gasteiger charge is 2.55. The van der Waals surface area contributed by atoms with E-state index in [-0.39, 0.29) is 11.5 Å². The standard InChI is InChI=1S/C21H28O8/c1-10(2)19(24)29-17-16-12(4)20(25)28-14(16)9-11(3)7-8-15(23)21(6,26)18(17)27-13(5)22/h7-8,10-11,14,16-18,26H,4,9H2,1-3,5-6H3/b8-7-/t11?,14-,16+,17+,18?,21+/m1/s1. The van der Waals surface area contributed by atoms with Crippen molar-refractivity contribution in [2.45, 2.75) is 65.0 Å². The van der Waals surface area contributed by atoms with Crippen LogP contribution in [0.25, 0.3) is 0 Å². The molecule has 0 bridgehead atoms. The van der Waals surface area contributed by atoms with Gasteiger partial charge >= 0.3 is 17.9 Å². The minimum absolute atomic E-state index is 0.0358. The number of aliphatic hydroxyl groups is 1. The Hall–Kier alpha value is -2.48. The Morgan fingerprint density at radius 3 is 2.48 bits per heavy atom. The number of carbonyl (C=O) groups is 4. The van der Waals surface area contributed by atoms with Crippen LogP contribution in [0.1, 0.15) is 41.0 Å². The molecule has 1 heterocycles. The Labute approximate surface area is 169 Å². The molecule has 6 atom stereocenters. The molecule has 0 amide bonds. The van der Waals surface area contributed by atoms with E-state index in [4.69, 9.17) is 14.2 Å². The predicted molar refractivity (Wildman–Crippen MR) is 101 cm³/mol. The molecule has 0 radical (unpaired) electrons. The van der Waals surface area contributed by atoms with Crippen LogP contribution < -0.4 is 0 Å². The summed E-state index contributed by atoms with van der Waals surface area (Å²) in [5.41, 5.74) is -2.17. The van der Waals surface area contributed by atoms with Crippen molar-refractivity contribution >= 4 is 23.7 Å². The van der Waals surface area contributed by atoms with Gasteiger partial charge in [-0.15, -0.1) is 0 Å². The SMILES string of the molecule is C=C1C(=O)O[C@@H]2CC(C)/C=C\C(=O)[C@](C)(O)C(OC(C)=O)[C@@H](OC(=O)C(C)C)[C@@H]12. The molecule has 1 saturated heterocycles. The van der Waals surface area contributed by atoms with E-state index in [1.54, 1.807) is 19.9 Å². The Balaban J connectivity index is 2.66. The zero-order valence-corrected chi connectivity index (χ0v) is 17.3. The van der Waals surface area contributed by atoms with Gasteiger partial charge in [0, 0.05) is 12.5 Å². The number of hydrogen-bond acceptors (Lipinski definition) is 8. The molecule has 2 aliphatic rings. The van der Waals surface area contributed by atoms with E-state index in [9.17, 15) is 24.3 Å². The summed E-state index contributed by atoms with van der Waals surface area (Å²) in [5.74, 6) is -4.38. The first-order valence-corrected chi connectivity index (χ1v) is 9.58. The summed E-state index contributed by atoms with van der Waals surface area (Å²) in [5, 5.41) is 11.0. The second kappa shape index (κ2) is 8.49. The number of allylic oxidation sites excluding steroid dienone is 1. The van der Waals surface area contributed by atoms with E-state index in [1.165, 1.54) is 13.0 Å². The summed E-state index contributed by atoms with van der Waals surface area (Å²) in [6, 6.07) is 0. The summed E-state index contributed by atoms with van der Waals surface area (Å²) < 4.78 is 16.3. The molecule has 8 heteroatoms. The lowest BCUT2D eigenvalue weighted by Crippen LogP contribution is -2.58. The number of ketones is 1. The topological polar surface area (TPSA) is 116 Å². The van der Waals surface area contributed by atoms with Crippen LogP contribution >= 0.6 is 0 Å². The fourth-order valence-corrected chi connectivity index (χ4v) is 3.53. The van der Waals surface area contributed by atoms with E-state index in [2.05, 4.69) is 6.58 Å². The highest BCUT2D eigenvalue weighted by molar-refractivity contribution is 5.97. The van der Waals surface area contributed by atoms with Gasteiger partial charge in [-0.05, 0) is 25.3 Å². The van der Waals surface area contributed by atoms with Crippen LogP contribution in [0.2, 0.25) is 0 Å². The Morgan fingerprint density at radius 2 is 1.93 bits per heavy atom. The van der Waals surface area contributed by atoms with Crippen molar-refractivity contribution in [2.75, 3.05) is 0 Å². The van der Waals surface area contributed by atoms with Gasteiger partial charge in [-0.2, -0.15) is 0 Å². The van der Waals surface area contributed by atoms with E-state index in [1.807, 2.05) is 6.92 Å². The molecule has 29 heavy (non-hydrogen) atoms. The third-order valence-corrected chi connectivity index (χ3v) is 5.23. The fraction of sp³-hybridized carbons (Fsp3) is 0.619. The molecule has 1 aliphatic heterocycles. The quantitative estimate of drug-likeness (QED) is 0.424. The molecular weight excluding hydrogens is 380 g/mol. The molecule has 0 aromatic rings. The van der Waals surface area contributed by atoms with Crippen molar-refractivity contribution in [1.29, 1.82) is 0 Å². The van der Waals surface area contributed by atoms with Crippen molar-refractivity contribution < 1.29 is 38.5 Å². The number of rotatable bonds is 3. The lowest BCUT2D eigenvalue weighted by molar-refractivity contribution is -0.197. The largest absolute Gasteiger partial charge is 0.458 e. The maximum atomic E-state index is 12.7. The van der Waals surface area contributed by atoms with Crippen LogP contribution in [0.3, 0.4) is 0 Å². The van der Waals surface area contributed by atoms with Crippen LogP contribution in [0.15, 0.2) is 24.3 Å². The van der Waals surface area contributed by atoms with Crippen LogP contribution in [-0.4, -0.2) is 52.7 Å². The Bertz CT molecular complexity index is 748. The third kappa shape index (κ3) is 4.75. The molecule has 0 aromatic carbocycles. The molecule has 2 rings (SSSR count). The van der Waals surface area contributed by atoms with Crippen molar-refractivity contribution in [3.63, 3.8) is 0 Å². The highest BCUT2D eigenvalue weighted by atomic mass is 16.6. The molecule has 160 valence electrons. The van der Waals surface area contributed by atoms with Gasteiger partial charge in [-0.1, -0.05) is 33.4 Å². The zero-order valence-electron chi connectivity index (χ0n) is 17.3. The number of hydrogen-bond donors (Lipinski definition) is 1. The molecule has 1 aliphatic carbocycles. The van der Waals surface area contributed by atoms with Crippen LogP contribution in [0, 0.1) is 17.8 Å². The van der Waals surface area contributed by atoms with Crippen LogP contribution in [0.4, 0.5) is 0 Å². The Morgan fingerprint density at radius 1 is 1.31 bits per heavy atom. The monoisotopic (exact) mass is 408 g/mol. The minimum atomic E-state index is -2.21. The smallest absolute Gasteiger partial charge is 0.334 e. The van der Waals surface area contributed by atoms with Gasteiger partial charge in [0.05, 0.1) is 11.8 Å². The molecule has 1 fully saturated rings. The van der Waals surface area contributed by atoms with Gasteiger partial charge in [-0.3, -0.25) is 14.4 Å². The molecule has 8 nitrogen and oxygen atoms in total. The number of fused-ring (bicyclic) bond motifs is 1. The van der Waals surface area contributed by atoms with Gasteiger partial charge in [0.2, 0.25) is 0 Å². The third-order valence-electron chi connectivity index (χ3n) is 5.23. The first-order chi connectivity index (χ1) is 13.4. The number of ether oxygens (including phenoxy) is 3. The summed E-state index contributed by atoms with van der Waals surface area (Å²) in [7, 11) is 0. The lowest BCUT2D eigenvalue weighted by atomic mass is 9.77. The van der Waals surface area contributed by atoms with E-state index < -0.39 is 59.4 Å². The molecule has 0 aromatic heterocycles. The molecule has 2 unspecified atom stereocenters. The lowest BCUT2D eigenvalue weighted by Gasteiger charge is -2.39. The van der Waals surface area contributed by atoms with Crippen molar-refractivity contribution in [2.24, 2.45) is 17.8 Å². The van der Waals surface area contributed by atoms with Crippen LogP contribution in [-0.2, 0) is 33.4 Å². The average molecular weight is 408 g/mol. The first kappa shape index (κ1) is 22.8. The predicted octanol–water partition coefficient (Wildman–Crippen LogP) is 1.50. The number of esters is 3. The molecule has 0 saturated carbocycles. The Kier molecular flexibility index (Phi) is 6.67. The summed E-state index contributed by atoms with van der Waals surface area (Å²) >= 11 is 0. The van der Waals surface area contributed by atoms with Gasteiger partial charge < -0.3 is 19.3 Å². The van der Waals surface area contributed by atoms with Gasteiger partial charge in [0.15, 0.2) is 23.6 Å². The van der Waals surface area contributed by atoms with Crippen molar-refractivity contribution in [3.8, 4) is 0 Å².